The molecule has 0 saturated carbocycles. The molecule has 4 heterocycles. The number of aromatic nitrogens is 5. The monoisotopic (exact) mass is 451 g/mol. The van der Waals surface area contributed by atoms with Gasteiger partial charge < -0.3 is 20.1 Å². The van der Waals surface area contributed by atoms with Gasteiger partial charge in [-0.15, -0.1) is 15.3 Å². The third-order valence-corrected chi connectivity index (χ3v) is 6.65. The van der Waals surface area contributed by atoms with Crippen LogP contribution in [0.2, 0.25) is 0 Å². The van der Waals surface area contributed by atoms with Crippen molar-refractivity contribution in [2.24, 2.45) is 0 Å². The van der Waals surface area contributed by atoms with E-state index in [4.69, 9.17) is 4.74 Å². The van der Waals surface area contributed by atoms with Crippen molar-refractivity contribution in [2.45, 2.75) is 50.5 Å². The molecule has 2 N–H and O–H groups in total. The summed E-state index contributed by atoms with van der Waals surface area (Å²) >= 11 is 0. The minimum absolute atomic E-state index is 0.00417. The predicted molar refractivity (Wildman–Crippen MR) is 121 cm³/mol. The Labute approximate surface area is 191 Å². The van der Waals surface area contributed by atoms with Crippen LogP contribution in [0.5, 0.6) is 11.5 Å². The van der Waals surface area contributed by atoms with Crippen LogP contribution in [0.15, 0.2) is 30.5 Å². The summed E-state index contributed by atoms with van der Waals surface area (Å²) < 4.78 is 20.2. The van der Waals surface area contributed by atoms with Gasteiger partial charge in [0.1, 0.15) is 23.4 Å². The Kier molecular flexibility index (Phi) is 5.53. The van der Waals surface area contributed by atoms with Crippen molar-refractivity contribution in [1.82, 2.24) is 30.7 Å². The Morgan fingerprint density at radius 2 is 2.00 bits per heavy atom. The number of phenols is 1. The number of hydrogen-bond acceptors (Lipinski definition) is 9. The second kappa shape index (κ2) is 8.51. The van der Waals surface area contributed by atoms with Crippen LogP contribution in [0.25, 0.3) is 22.6 Å². The highest BCUT2D eigenvalue weighted by molar-refractivity contribution is 5.71. The highest BCUT2D eigenvalue weighted by Crippen LogP contribution is 2.34. The fourth-order valence-corrected chi connectivity index (χ4v) is 4.74. The van der Waals surface area contributed by atoms with E-state index in [0.29, 0.717) is 40.1 Å². The Balaban J connectivity index is 1.36. The third kappa shape index (κ3) is 3.95. The maximum absolute atomic E-state index is 14.9. The quantitative estimate of drug-likeness (QED) is 0.605. The number of anilines is 1. The Bertz CT molecular complexity index is 1160. The molecule has 0 radical (unpaired) electrons. The molecule has 9 nitrogen and oxygen atoms in total. The number of aryl methyl sites for hydroxylation is 1. The smallest absolute Gasteiger partial charge is 0.185 e. The number of hydrogen-bond donors (Lipinski definition) is 2. The average molecular weight is 452 g/mol. The van der Waals surface area contributed by atoms with Crippen molar-refractivity contribution >= 4 is 5.82 Å². The van der Waals surface area contributed by atoms with E-state index in [-0.39, 0.29) is 23.7 Å². The molecule has 3 aromatic rings. The van der Waals surface area contributed by atoms with E-state index in [1.54, 1.807) is 37.6 Å². The zero-order chi connectivity index (χ0) is 23.1. The number of nitrogens with one attached hydrogen (secondary N) is 1. The highest BCUT2D eigenvalue weighted by Gasteiger charge is 2.43. The number of phenolic OH excluding ortho intramolecular Hbond substituents is 1. The van der Waals surface area contributed by atoms with Crippen molar-refractivity contribution in [2.75, 3.05) is 19.1 Å². The van der Waals surface area contributed by atoms with Gasteiger partial charge in [0.25, 0.3) is 0 Å². The van der Waals surface area contributed by atoms with Crippen LogP contribution >= 0.6 is 0 Å². The lowest BCUT2D eigenvalue weighted by molar-refractivity contribution is 0.176. The van der Waals surface area contributed by atoms with Gasteiger partial charge in [-0.25, -0.2) is 9.37 Å². The summed E-state index contributed by atoms with van der Waals surface area (Å²) in [5.74, 6) is 1.40. The number of aromatic hydroxyl groups is 1. The topological polar surface area (TPSA) is 109 Å². The molecule has 2 aliphatic heterocycles. The number of methoxy groups -OCH3 is 1. The van der Waals surface area contributed by atoms with Gasteiger partial charge in [-0.3, -0.25) is 0 Å². The molecule has 10 heteroatoms. The molecule has 0 amide bonds. The lowest BCUT2D eigenvalue weighted by atomic mass is 9.96. The average Bonchev–Trinajstić information content (AvgIpc) is 3.25. The molecule has 0 unspecified atom stereocenters. The first-order chi connectivity index (χ1) is 15.9. The van der Waals surface area contributed by atoms with E-state index in [9.17, 15) is 9.50 Å². The van der Waals surface area contributed by atoms with Gasteiger partial charge in [-0.2, -0.15) is 5.10 Å². The molecule has 2 bridgehead atoms. The van der Waals surface area contributed by atoms with Crippen molar-refractivity contribution in [3.63, 3.8) is 0 Å². The molecule has 0 spiro atoms. The number of ether oxygens (including phenoxy) is 1. The zero-order valence-corrected chi connectivity index (χ0v) is 18.7. The van der Waals surface area contributed by atoms with Gasteiger partial charge >= 0.3 is 0 Å². The van der Waals surface area contributed by atoms with E-state index < -0.39 is 6.17 Å². The first-order valence-corrected chi connectivity index (χ1v) is 11.0. The van der Waals surface area contributed by atoms with Crippen LogP contribution in [0, 0.1) is 6.92 Å². The van der Waals surface area contributed by atoms with Crippen LogP contribution in [0.3, 0.4) is 0 Å². The molecule has 4 atom stereocenters. The number of halogens is 1. The first-order valence-electron chi connectivity index (χ1n) is 11.0. The van der Waals surface area contributed by atoms with Crippen molar-refractivity contribution < 1.29 is 14.2 Å². The number of fused-ring (bicyclic) bond motifs is 2. The normalized spacial score (nSPS) is 24.0. The number of rotatable bonds is 5. The van der Waals surface area contributed by atoms with Gasteiger partial charge in [0.15, 0.2) is 11.6 Å². The molecule has 33 heavy (non-hydrogen) atoms. The summed E-state index contributed by atoms with van der Waals surface area (Å²) in [5.41, 5.74) is 2.38. The summed E-state index contributed by atoms with van der Waals surface area (Å²) in [6.07, 6.45) is 3.22. The molecule has 5 rings (SSSR count). The van der Waals surface area contributed by atoms with Gasteiger partial charge in [-0.1, -0.05) is 6.07 Å². The summed E-state index contributed by atoms with van der Waals surface area (Å²) in [5, 5.41) is 30.7. The number of benzene rings is 1. The fraction of sp³-hybridized carbons (Fsp3) is 0.435. The van der Waals surface area contributed by atoms with Crippen molar-refractivity contribution in [1.29, 1.82) is 0 Å². The summed E-state index contributed by atoms with van der Waals surface area (Å²) in [7, 11) is 3.40. The lowest BCUT2D eigenvalue weighted by Crippen LogP contribution is -2.55. The largest absolute Gasteiger partial charge is 0.507 e. The maximum atomic E-state index is 14.9. The molecular formula is C23H26FN7O2. The second-order valence-corrected chi connectivity index (χ2v) is 8.66. The van der Waals surface area contributed by atoms with E-state index in [1.165, 1.54) is 0 Å². The SMILES string of the molecule is COc1cc(-c2ccc(-c3ncc(N(C)[C@@H]4C[C@@H]5CC[C@@H](N5)[C@@H]4F)nn3)c(O)c2)nnc1C. The molecule has 2 aliphatic rings. The highest BCUT2D eigenvalue weighted by atomic mass is 19.1. The minimum atomic E-state index is -0.963. The molecule has 172 valence electrons. The van der Waals surface area contributed by atoms with Gasteiger partial charge in [-0.05, 0) is 38.3 Å². The Morgan fingerprint density at radius 3 is 2.73 bits per heavy atom. The third-order valence-electron chi connectivity index (χ3n) is 6.65. The van der Waals surface area contributed by atoms with Gasteiger partial charge in [0.05, 0.1) is 30.6 Å². The van der Waals surface area contributed by atoms with Gasteiger partial charge in [0, 0.05) is 30.8 Å². The van der Waals surface area contributed by atoms with E-state index >= 15 is 0 Å². The second-order valence-electron chi connectivity index (χ2n) is 8.66. The maximum Gasteiger partial charge on any atom is 0.185 e. The number of piperidine rings is 1. The van der Waals surface area contributed by atoms with Crippen LogP contribution in [0.4, 0.5) is 10.2 Å². The van der Waals surface area contributed by atoms with Crippen molar-refractivity contribution in [3.8, 4) is 34.1 Å². The van der Waals surface area contributed by atoms with E-state index in [1.807, 2.05) is 18.9 Å². The predicted octanol–water partition coefficient (Wildman–Crippen LogP) is 2.69. The molecule has 0 aliphatic carbocycles. The fourth-order valence-electron chi connectivity index (χ4n) is 4.74. The van der Waals surface area contributed by atoms with Crippen LogP contribution in [-0.4, -0.2) is 68.9 Å². The summed E-state index contributed by atoms with van der Waals surface area (Å²) in [6.45, 7) is 1.81. The van der Waals surface area contributed by atoms with Crippen LogP contribution < -0.4 is 15.0 Å². The van der Waals surface area contributed by atoms with Crippen molar-refractivity contribution in [3.05, 3.63) is 36.2 Å². The molecule has 2 saturated heterocycles. The first kappa shape index (κ1) is 21.4. The standard InChI is InChI=1S/C23H26FN7O2/c1-12-20(33-3)10-17(28-27-12)13-4-6-15(19(32)8-13)23-25-11-21(29-30-23)31(2)18-9-14-5-7-16(26-14)22(18)24/h4,6,8,10-11,14,16,18,22,26,32H,5,7,9H2,1-3H3/t14-,16+,18+,22-/m0/s1. The zero-order valence-electron chi connectivity index (χ0n) is 18.7. The van der Waals surface area contributed by atoms with E-state index in [2.05, 4.69) is 30.7 Å². The molecule has 2 aromatic heterocycles. The summed E-state index contributed by atoms with van der Waals surface area (Å²) in [6, 6.07) is 6.86. The Morgan fingerprint density at radius 1 is 1.15 bits per heavy atom. The Hall–Kier alpha value is -3.40. The van der Waals surface area contributed by atoms with Crippen LogP contribution in [0.1, 0.15) is 25.0 Å². The molecule has 2 fully saturated rings. The van der Waals surface area contributed by atoms with Gasteiger partial charge in [0.2, 0.25) is 0 Å². The van der Waals surface area contributed by atoms with E-state index in [0.717, 1.165) is 19.3 Å². The lowest BCUT2D eigenvalue weighted by Gasteiger charge is -2.38. The number of nitrogens with zero attached hydrogens (tertiary/aromatic N) is 6. The molecule has 1 aromatic carbocycles. The minimum Gasteiger partial charge on any atom is -0.507 e. The summed E-state index contributed by atoms with van der Waals surface area (Å²) in [4.78, 5) is 6.21. The number of alkyl halides is 1. The van der Waals surface area contributed by atoms with Crippen LogP contribution in [-0.2, 0) is 0 Å². The molecular weight excluding hydrogens is 425 g/mol.